The van der Waals surface area contributed by atoms with Crippen LogP contribution in [0.25, 0.3) is 0 Å². The third kappa shape index (κ3) is 4.06. The summed E-state index contributed by atoms with van der Waals surface area (Å²) in [4.78, 5) is 19.6. The molecule has 0 bridgehead atoms. The highest BCUT2D eigenvalue weighted by Crippen LogP contribution is 2.26. The molecular formula is C12H19N3O. The summed E-state index contributed by atoms with van der Waals surface area (Å²) in [5, 5.41) is 0. The Hall–Kier alpha value is -1.29. The van der Waals surface area contributed by atoms with E-state index in [0.717, 1.165) is 12.8 Å². The number of hydrogen-bond acceptors (Lipinski definition) is 4. The average molecular weight is 221 g/mol. The molecule has 1 heterocycles. The minimum absolute atomic E-state index is 0.0539. The van der Waals surface area contributed by atoms with Gasteiger partial charge in [0.05, 0.1) is 6.20 Å². The van der Waals surface area contributed by atoms with Gasteiger partial charge in [0.1, 0.15) is 5.69 Å². The van der Waals surface area contributed by atoms with Crippen molar-refractivity contribution in [2.24, 2.45) is 11.1 Å². The highest BCUT2D eigenvalue weighted by Gasteiger charge is 2.19. The zero-order chi connectivity index (χ0) is 12.0. The topological polar surface area (TPSA) is 68.9 Å². The van der Waals surface area contributed by atoms with Gasteiger partial charge in [0.15, 0.2) is 5.78 Å². The normalized spacial score (nSPS) is 11.4. The molecule has 1 aromatic heterocycles. The van der Waals surface area contributed by atoms with Crippen molar-refractivity contribution in [1.82, 2.24) is 9.97 Å². The SMILES string of the molecule is CC(C)(CCN)CCC(=O)c1cnccn1. The molecule has 0 atom stereocenters. The minimum atomic E-state index is 0.0539. The summed E-state index contributed by atoms with van der Waals surface area (Å²) in [6, 6.07) is 0. The fraction of sp³-hybridized carbons (Fsp3) is 0.583. The lowest BCUT2D eigenvalue weighted by Crippen LogP contribution is -2.18. The van der Waals surface area contributed by atoms with E-state index in [4.69, 9.17) is 5.73 Å². The van der Waals surface area contributed by atoms with Crippen LogP contribution in [-0.4, -0.2) is 22.3 Å². The first-order chi connectivity index (χ1) is 7.55. The number of ketones is 1. The standard InChI is InChI=1S/C12H19N3O/c1-12(2,5-6-13)4-3-11(16)10-9-14-7-8-15-10/h7-9H,3-6,13H2,1-2H3. The molecule has 0 unspecified atom stereocenters. The first-order valence-corrected chi connectivity index (χ1v) is 5.54. The minimum Gasteiger partial charge on any atom is -0.330 e. The first-order valence-electron chi connectivity index (χ1n) is 5.54. The molecule has 4 heteroatoms. The van der Waals surface area contributed by atoms with Crippen LogP contribution in [-0.2, 0) is 0 Å². The number of carbonyl (C=O) groups is 1. The van der Waals surface area contributed by atoms with E-state index in [9.17, 15) is 4.79 Å². The third-order valence-electron chi connectivity index (χ3n) is 2.70. The van der Waals surface area contributed by atoms with Gasteiger partial charge in [-0.2, -0.15) is 0 Å². The Labute approximate surface area is 96.3 Å². The van der Waals surface area contributed by atoms with Crippen LogP contribution in [0.5, 0.6) is 0 Å². The van der Waals surface area contributed by atoms with Gasteiger partial charge in [-0.1, -0.05) is 13.8 Å². The predicted octanol–water partition coefficient (Wildman–Crippen LogP) is 1.81. The molecule has 0 aliphatic heterocycles. The summed E-state index contributed by atoms with van der Waals surface area (Å²) in [6.45, 7) is 4.92. The molecule has 1 rings (SSSR count). The molecule has 4 nitrogen and oxygen atoms in total. The van der Waals surface area contributed by atoms with Gasteiger partial charge in [-0.15, -0.1) is 0 Å². The Morgan fingerprint density at radius 1 is 1.38 bits per heavy atom. The number of nitrogens with zero attached hydrogens (tertiary/aromatic N) is 2. The fourth-order valence-corrected chi connectivity index (χ4v) is 1.54. The van der Waals surface area contributed by atoms with Gasteiger partial charge in [0.25, 0.3) is 0 Å². The molecule has 0 saturated heterocycles. The number of rotatable bonds is 6. The van der Waals surface area contributed by atoms with Crippen molar-refractivity contribution in [3.8, 4) is 0 Å². The number of carbonyl (C=O) groups excluding carboxylic acids is 1. The highest BCUT2D eigenvalue weighted by atomic mass is 16.1. The lowest BCUT2D eigenvalue weighted by Gasteiger charge is -2.23. The lowest BCUT2D eigenvalue weighted by atomic mass is 9.83. The maximum atomic E-state index is 11.8. The summed E-state index contributed by atoms with van der Waals surface area (Å²) < 4.78 is 0. The molecule has 0 fully saturated rings. The second-order valence-corrected chi connectivity index (χ2v) is 4.72. The lowest BCUT2D eigenvalue weighted by molar-refractivity contribution is 0.0956. The van der Waals surface area contributed by atoms with Crippen LogP contribution < -0.4 is 5.73 Å². The third-order valence-corrected chi connectivity index (χ3v) is 2.70. The molecule has 0 radical (unpaired) electrons. The van der Waals surface area contributed by atoms with E-state index in [1.165, 1.54) is 12.4 Å². The quantitative estimate of drug-likeness (QED) is 0.744. The summed E-state index contributed by atoms with van der Waals surface area (Å²) in [5.41, 5.74) is 6.09. The van der Waals surface area contributed by atoms with Crippen LogP contribution in [0.1, 0.15) is 43.6 Å². The number of Topliss-reactive ketones (excluding diaryl/α,β-unsaturated/α-hetero) is 1. The van der Waals surface area contributed by atoms with E-state index >= 15 is 0 Å². The average Bonchev–Trinajstić information content (AvgIpc) is 2.27. The van der Waals surface area contributed by atoms with Crippen LogP contribution in [0.2, 0.25) is 0 Å². The molecule has 88 valence electrons. The van der Waals surface area contributed by atoms with E-state index in [0.29, 0.717) is 18.7 Å². The largest absolute Gasteiger partial charge is 0.330 e. The van der Waals surface area contributed by atoms with Gasteiger partial charge < -0.3 is 5.73 Å². The van der Waals surface area contributed by atoms with Crippen molar-refractivity contribution in [1.29, 1.82) is 0 Å². The molecule has 0 amide bonds. The fourth-order valence-electron chi connectivity index (χ4n) is 1.54. The molecular weight excluding hydrogens is 202 g/mol. The Balaban J connectivity index is 2.48. The van der Waals surface area contributed by atoms with Crippen molar-refractivity contribution in [3.63, 3.8) is 0 Å². The molecule has 0 spiro atoms. The van der Waals surface area contributed by atoms with Crippen LogP contribution in [0, 0.1) is 5.41 Å². The second kappa shape index (κ2) is 5.70. The van der Waals surface area contributed by atoms with E-state index in [2.05, 4.69) is 23.8 Å². The Morgan fingerprint density at radius 3 is 2.69 bits per heavy atom. The van der Waals surface area contributed by atoms with Gasteiger partial charge >= 0.3 is 0 Å². The molecule has 0 saturated carbocycles. The van der Waals surface area contributed by atoms with E-state index in [1.807, 2.05) is 0 Å². The van der Waals surface area contributed by atoms with Crippen molar-refractivity contribution >= 4 is 5.78 Å². The number of hydrogen-bond donors (Lipinski definition) is 1. The highest BCUT2D eigenvalue weighted by molar-refractivity contribution is 5.93. The number of nitrogens with two attached hydrogens (primary N) is 1. The molecule has 16 heavy (non-hydrogen) atoms. The van der Waals surface area contributed by atoms with E-state index in [1.54, 1.807) is 6.20 Å². The van der Waals surface area contributed by atoms with E-state index in [-0.39, 0.29) is 11.2 Å². The van der Waals surface area contributed by atoms with Crippen LogP contribution >= 0.6 is 0 Å². The first kappa shape index (κ1) is 12.8. The summed E-state index contributed by atoms with van der Waals surface area (Å²) in [7, 11) is 0. The van der Waals surface area contributed by atoms with Gasteiger partial charge in [0, 0.05) is 18.8 Å². The maximum Gasteiger partial charge on any atom is 0.182 e. The Morgan fingerprint density at radius 2 is 2.12 bits per heavy atom. The summed E-state index contributed by atoms with van der Waals surface area (Å²) in [6.07, 6.45) is 6.89. The molecule has 0 aliphatic carbocycles. The van der Waals surface area contributed by atoms with Crippen LogP contribution in [0.15, 0.2) is 18.6 Å². The summed E-state index contributed by atoms with van der Waals surface area (Å²) in [5.74, 6) is 0.0539. The van der Waals surface area contributed by atoms with Crippen molar-refractivity contribution in [2.75, 3.05) is 6.54 Å². The molecule has 0 aliphatic rings. The predicted molar refractivity (Wildman–Crippen MR) is 63.0 cm³/mol. The maximum absolute atomic E-state index is 11.8. The second-order valence-electron chi connectivity index (χ2n) is 4.72. The van der Waals surface area contributed by atoms with Gasteiger partial charge in [-0.05, 0) is 24.8 Å². The van der Waals surface area contributed by atoms with Crippen molar-refractivity contribution in [3.05, 3.63) is 24.3 Å². The van der Waals surface area contributed by atoms with Gasteiger partial charge in [-0.25, -0.2) is 4.98 Å². The van der Waals surface area contributed by atoms with Crippen LogP contribution in [0.3, 0.4) is 0 Å². The van der Waals surface area contributed by atoms with Crippen LogP contribution in [0.4, 0.5) is 0 Å². The van der Waals surface area contributed by atoms with E-state index < -0.39 is 0 Å². The Kier molecular flexibility index (Phi) is 4.55. The van der Waals surface area contributed by atoms with Gasteiger partial charge in [-0.3, -0.25) is 9.78 Å². The zero-order valence-electron chi connectivity index (χ0n) is 9.94. The van der Waals surface area contributed by atoms with Crippen molar-refractivity contribution in [2.45, 2.75) is 33.1 Å². The molecule has 1 aromatic rings. The Bertz CT molecular complexity index is 335. The number of aromatic nitrogens is 2. The zero-order valence-corrected chi connectivity index (χ0v) is 9.94. The summed E-state index contributed by atoms with van der Waals surface area (Å²) >= 11 is 0. The monoisotopic (exact) mass is 221 g/mol. The molecule has 0 aromatic carbocycles. The van der Waals surface area contributed by atoms with Gasteiger partial charge in [0.2, 0.25) is 0 Å². The van der Waals surface area contributed by atoms with Crippen molar-refractivity contribution < 1.29 is 4.79 Å². The smallest absolute Gasteiger partial charge is 0.182 e. The molecule has 2 N–H and O–H groups in total.